The van der Waals surface area contributed by atoms with Crippen LogP contribution in [0.4, 0.5) is 0 Å². The molecule has 0 bridgehead atoms. The molecule has 0 saturated carbocycles. The van der Waals surface area contributed by atoms with E-state index in [1.165, 1.54) is 11.9 Å². The van der Waals surface area contributed by atoms with Crippen molar-refractivity contribution in [3.05, 3.63) is 42.4 Å². The standard InChI is InChI=1S/C15H16N4O2/c1-19-14-13(9-18-19)15(17-10-16-14)21-12-5-3-11(4-6-12)7-8-20-2/h3-6,9-10H,7-8H2,1-2H3. The van der Waals surface area contributed by atoms with Gasteiger partial charge < -0.3 is 9.47 Å². The van der Waals surface area contributed by atoms with Crippen molar-refractivity contribution in [2.24, 2.45) is 7.05 Å². The van der Waals surface area contributed by atoms with Crippen LogP contribution in [0.15, 0.2) is 36.8 Å². The van der Waals surface area contributed by atoms with E-state index in [1.54, 1.807) is 18.0 Å². The topological polar surface area (TPSA) is 62.1 Å². The van der Waals surface area contributed by atoms with Crippen molar-refractivity contribution in [3.63, 3.8) is 0 Å². The van der Waals surface area contributed by atoms with E-state index in [0.29, 0.717) is 12.5 Å². The SMILES string of the molecule is COCCc1ccc(Oc2ncnc3c2cnn3C)cc1. The molecule has 0 unspecified atom stereocenters. The Morgan fingerprint density at radius 3 is 2.71 bits per heavy atom. The third-order valence-corrected chi connectivity index (χ3v) is 3.23. The summed E-state index contributed by atoms with van der Waals surface area (Å²) >= 11 is 0. The van der Waals surface area contributed by atoms with Crippen LogP contribution >= 0.6 is 0 Å². The number of methoxy groups -OCH3 is 1. The third-order valence-electron chi connectivity index (χ3n) is 3.23. The molecule has 6 heteroatoms. The van der Waals surface area contributed by atoms with Gasteiger partial charge in [-0.25, -0.2) is 9.97 Å². The average molecular weight is 284 g/mol. The Hall–Kier alpha value is -2.47. The Morgan fingerprint density at radius 1 is 1.14 bits per heavy atom. The second-order valence-corrected chi connectivity index (χ2v) is 4.67. The lowest BCUT2D eigenvalue weighted by atomic mass is 10.1. The molecule has 1 aromatic carbocycles. The molecule has 2 aromatic heterocycles. The quantitative estimate of drug-likeness (QED) is 0.719. The minimum Gasteiger partial charge on any atom is -0.438 e. The van der Waals surface area contributed by atoms with Crippen LogP contribution in [0.3, 0.4) is 0 Å². The van der Waals surface area contributed by atoms with Crippen LogP contribution in [0.2, 0.25) is 0 Å². The van der Waals surface area contributed by atoms with Crippen molar-refractivity contribution >= 4 is 11.0 Å². The van der Waals surface area contributed by atoms with E-state index in [-0.39, 0.29) is 0 Å². The lowest BCUT2D eigenvalue weighted by molar-refractivity contribution is 0.202. The molecule has 0 aliphatic carbocycles. The Balaban J connectivity index is 1.82. The lowest BCUT2D eigenvalue weighted by Gasteiger charge is -2.06. The smallest absolute Gasteiger partial charge is 0.233 e. The number of ether oxygens (including phenoxy) is 2. The zero-order chi connectivity index (χ0) is 14.7. The molecule has 6 nitrogen and oxygen atoms in total. The highest BCUT2D eigenvalue weighted by Crippen LogP contribution is 2.26. The van der Waals surface area contributed by atoms with Gasteiger partial charge in [0.2, 0.25) is 5.88 Å². The molecule has 0 aliphatic rings. The van der Waals surface area contributed by atoms with Crippen molar-refractivity contribution < 1.29 is 9.47 Å². The van der Waals surface area contributed by atoms with E-state index < -0.39 is 0 Å². The highest BCUT2D eigenvalue weighted by Gasteiger charge is 2.09. The number of hydrogen-bond acceptors (Lipinski definition) is 5. The number of benzene rings is 1. The molecule has 0 saturated heterocycles. The number of rotatable bonds is 5. The second-order valence-electron chi connectivity index (χ2n) is 4.67. The summed E-state index contributed by atoms with van der Waals surface area (Å²) < 4.78 is 12.6. The number of aryl methyl sites for hydroxylation is 1. The average Bonchev–Trinajstić information content (AvgIpc) is 2.89. The predicted molar refractivity (Wildman–Crippen MR) is 78.4 cm³/mol. The summed E-state index contributed by atoms with van der Waals surface area (Å²) in [6.07, 6.45) is 4.07. The van der Waals surface area contributed by atoms with Gasteiger partial charge in [0.25, 0.3) is 0 Å². The zero-order valence-electron chi connectivity index (χ0n) is 12.0. The molecule has 0 radical (unpaired) electrons. The Morgan fingerprint density at radius 2 is 1.95 bits per heavy atom. The van der Waals surface area contributed by atoms with Gasteiger partial charge in [-0.05, 0) is 24.1 Å². The Kier molecular flexibility index (Phi) is 3.79. The molecule has 2 heterocycles. The van der Waals surface area contributed by atoms with Gasteiger partial charge in [-0.3, -0.25) is 4.68 Å². The summed E-state index contributed by atoms with van der Waals surface area (Å²) in [6.45, 7) is 0.711. The number of hydrogen-bond donors (Lipinski definition) is 0. The summed E-state index contributed by atoms with van der Waals surface area (Å²) in [5.41, 5.74) is 1.95. The van der Waals surface area contributed by atoms with E-state index in [9.17, 15) is 0 Å². The van der Waals surface area contributed by atoms with Gasteiger partial charge in [-0.1, -0.05) is 12.1 Å². The fourth-order valence-electron chi connectivity index (χ4n) is 2.08. The lowest BCUT2D eigenvalue weighted by Crippen LogP contribution is -1.95. The largest absolute Gasteiger partial charge is 0.438 e. The Labute approximate surface area is 122 Å². The minimum atomic E-state index is 0.512. The van der Waals surface area contributed by atoms with Crippen LogP contribution in [0.5, 0.6) is 11.6 Å². The van der Waals surface area contributed by atoms with E-state index >= 15 is 0 Å². The highest BCUT2D eigenvalue weighted by molar-refractivity contribution is 5.79. The van der Waals surface area contributed by atoms with Gasteiger partial charge in [-0.15, -0.1) is 0 Å². The maximum absolute atomic E-state index is 5.83. The maximum Gasteiger partial charge on any atom is 0.233 e. The van der Waals surface area contributed by atoms with E-state index in [1.807, 2.05) is 31.3 Å². The van der Waals surface area contributed by atoms with E-state index in [2.05, 4.69) is 15.1 Å². The number of nitrogens with zero attached hydrogens (tertiary/aromatic N) is 4. The van der Waals surface area contributed by atoms with Crippen molar-refractivity contribution in [3.8, 4) is 11.6 Å². The number of aromatic nitrogens is 4. The molecule has 108 valence electrons. The molecule has 3 rings (SSSR count). The van der Waals surface area contributed by atoms with Crippen LogP contribution in [-0.2, 0) is 18.2 Å². The van der Waals surface area contributed by atoms with Crippen molar-refractivity contribution in [1.82, 2.24) is 19.7 Å². The fourth-order valence-corrected chi connectivity index (χ4v) is 2.08. The molecular formula is C15H16N4O2. The van der Waals surface area contributed by atoms with Crippen molar-refractivity contribution in [1.29, 1.82) is 0 Å². The molecule has 0 spiro atoms. The van der Waals surface area contributed by atoms with Gasteiger partial charge in [0.05, 0.1) is 12.8 Å². The summed E-state index contributed by atoms with van der Waals surface area (Å²) in [5, 5.41) is 4.96. The van der Waals surface area contributed by atoms with Gasteiger partial charge in [0.15, 0.2) is 5.65 Å². The molecule has 0 N–H and O–H groups in total. The molecular weight excluding hydrogens is 268 g/mol. The molecule has 0 amide bonds. The van der Waals surface area contributed by atoms with Gasteiger partial charge >= 0.3 is 0 Å². The highest BCUT2D eigenvalue weighted by atomic mass is 16.5. The normalized spacial score (nSPS) is 11.0. The first-order valence-electron chi connectivity index (χ1n) is 6.66. The summed E-state index contributed by atoms with van der Waals surface area (Å²) in [5.74, 6) is 1.25. The second kappa shape index (κ2) is 5.88. The first-order valence-corrected chi connectivity index (χ1v) is 6.66. The predicted octanol–water partition coefficient (Wildman–Crippen LogP) is 2.34. The summed E-state index contributed by atoms with van der Waals surface area (Å²) in [7, 11) is 3.54. The summed E-state index contributed by atoms with van der Waals surface area (Å²) in [6, 6.07) is 7.90. The van der Waals surface area contributed by atoms with Crippen LogP contribution in [-0.4, -0.2) is 33.5 Å². The molecule has 3 aromatic rings. The molecule has 0 aliphatic heterocycles. The first kappa shape index (κ1) is 13.5. The summed E-state index contributed by atoms with van der Waals surface area (Å²) in [4.78, 5) is 8.37. The fraction of sp³-hybridized carbons (Fsp3) is 0.267. The first-order chi connectivity index (χ1) is 10.3. The van der Waals surface area contributed by atoms with Crippen LogP contribution in [0.1, 0.15) is 5.56 Å². The van der Waals surface area contributed by atoms with Gasteiger partial charge in [0, 0.05) is 14.2 Å². The van der Waals surface area contributed by atoms with Crippen LogP contribution in [0, 0.1) is 0 Å². The number of fused-ring (bicyclic) bond motifs is 1. The van der Waals surface area contributed by atoms with Gasteiger partial charge in [-0.2, -0.15) is 5.10 Å². The minimum absolute atomic E-state index is 0.512. The van der Waals surface area contributed by atoms with E-state index in [0.717, 1.165) is 23.2 Å². The van der Waals surface area contributed by atoms with Crippen LogP contribution in [0.25, 0.3) is 11.0 Å². The maximum atomic E-state index is 5.83. The van der Waals surface area contributed by atoms with Crippen molar-refractivity contribution in [2.75, 3.05) is 13.7 Å². The molecule has 0 fully saturated rings. The Bertz CT molecular complexity index is 737. The van der Waals surface area contributed by atoms with Gasteiger partial charge in [0.1, 0.15) is 17.5 Å². The molecule has 21 heavy (non-hydrogen) atoms. The van der Waals surface area contributed by atoms with E-state index in [4.69, 9.17) is 9.47 Å². The van der Waals surface area contributed by atoms with Crippen LogP contribution < -0.4 is 4.74 Å². The molecule has 0 atom stereocenters. The third kappa shape index (κ3) is 2.85. The zero-order valence-corrected chi connectivity index (χ0v) is 12.0. The monoisotopic (exact) mass is 284 g/mol. The van der Waals surface area contributed by atoms with Crippen molar-refractivity contribution in [2.45, 2.75) is 6.42 Å².